The number of nitrogens with one attached hydrogen (secondary N) is 1. The highest BCUT2D eigenvalue weighted by atomic mass is 32.1. The monoisotopic (exact) mass is 542 g/mol. The number of hydrogen-bond donors (Lipinski definition) is 1. The van der Waals surface area contributed by atoms with Gasteiger partial charge in [0.25, 0.3) is 5.91 Å². The molecule has 1 aliphatic carbocycles. The van der Waals surface area contributed by atoms with Crippen LogP contribution in [0.3, 0.4) is 0 Å². The first-order chi connectivity index (χ1) is 19.0. The van der Waals surface area contributed by atoms with Crippen LogP contribution < -0.4 is 10.1 Å². The zero-order chi connectivity index (χ0) is 26.8. The zero-order valence-corrected chi connectivity index (χ0v) is 22.0. The summed E-state index contributed by atoms with van der Waals surface area (Å²) in [6, 6.07) is 15.7. The van der Waals surface area contributed by atoms with Gasteiger partial charge < -0.3 is 15.0 Å². The maximum Gasteiger partial charge on any atom is 0.271 e. The summed E-state index contributed by atoms with van der Waals surface area (Å²) >= 11 is 1.36. The Labute approximate surface area is 229 Å². The summed E-state index contributed by atoms with van der Waals surface area (Å²) in [5.41, 5.74) is 4.13. The minimum absolute atomic E-state index is 0.0723. The SMILES string of the molecule is O=C(NCc1ccncc1)c1csc(COc2ccc3c(c2)C(c2cccc(F)c2)N(C(=O)C2CC2)CC3)n1. The molecule has 4 aromatic rings. The molecule has 198 valence electrons. The highest BCUT2D eigenvalue weighted by molar-refractivity contribution is 7.09. The smallest absolute Gasteiger partial charge is 0.271 e. The van der Waals surface area contributed by atoms with Crippen molar-refractivity contribution >= 4 is 23.2 Å². The Morgan fingerprint density at radius 3 is 2.74 bits per heavy atom. The molecule has 1 fully saturated rings. The predicted octanol–water partition coefficient (Wildman–Crippen LogP) is 5.07. The quantitative estimate of drug-likeness (QED) is 0.336. The molecule has 39 heavy (non-hydrogen) atoms. The maximum absolute atomic E-state index is 14.2. The first kappa shape index (κ1) is 25.2. The molecule has 2 amide bonds. The van der Waals surface area contributed by atoms with Crippen molar-refractivity contribution in [2.24, 2.45) is 5.92 Å². The van der Waals surface area contributed by atoms with Gasteiger partial charge in [-0.2, -0.15) is 0 Å². The van der Waals surface area contributed by atoms with Crippen LogP contribution in [-0.4, -0.2) is 33.2 Å². The van der Waals surface area contributed by atoms with E-state index in [-0.39, 0.29) is 36.2 Å². The summed E-state index contributed by atoms with van der Waals surface area (Å²) in [7, 11) is 0. The van der Waals surface area contributed by atoms with Gasteiger partial charge in [0.2, 0.25) is 5.91 Å². The Balaban J connectivity index is 1.17. The van der Waals surface area contributed by atoms with Gasteiger partial charge in [-0.1, -0.05) is 18.2 Å². The number of pyridine rings is 1. The van der Waals surface area contributed by atoms with Crippen LogP contribution in [0.25, 0.3) is 0 Å². The summed E-state index contributed by atoms with van der Waals surface area (Å²) in [6.45, 7) is 1.21. The number of carbonyl (C=O) groups excluding carboxylic acids is 2. The molecule has 0 saturated heterocycles. The van der Waals surface area contributed by atoms with E-state index in [1.807, 2.05) is 41.3 Å². The molecule has 9 heteroatoms. The molecule has 7 nitrogen and oxygen atoms in total. The van der Waals surface area contributed by atoms with Crippen molar-refractivity contribution < 1.29 is 18.7 Å². The van der Waals surface area contributed by atoms with E-state index in [9.17, 15) is 14.0 Å². The number of rotatable bonds is 8. The number of halogens is 1. The number of carbonyl (C=O) groups is 2. The number of fused-ring (bicyclic) bond motifs is 1. The minimum Gasteiger partial charge on any atom is -0.486 e. The molecule has 1 N–H and O–H groups in total. The van der Waals surface area contributed by atoms with Gasteiger partial charge in [0.1, 0.15) is 28.9 Å². The van der Waals surface area contributed by atoms with Gasteiger partial charge in [0, 0.05) is 36.8 Å². The maximum atomic E-state index is 14.2. The molecule has 3 heterocycles. The second-order valence-electron chi connectivity index (χ2n) is 9.83. The second kappa shape index (κ2) is 10.9. The summed E-state index contributed by atoms with van der Waals surface area (Å²) in [6.07, 6.45) is 5.94. The first-order valence-corrected chi connectivity index (χ1v) is 13.9. The van der Waals surface area contributed by atoms with Crippen molar-refractivity contribution in [1.82, 2.24) is 20.2 Å². The van der Waals surface area contributed by atoms with E-state index in [0.29, 0.717) is 29.5 Å². The van der Waals surface area contributed by atoms with Gasteiger partial charge in [0.05, 0.1) is 6.04 Å². The molecule has 2 aromatic carbocycles. The highest BCUT2D eigenvalue weighted by Crippen LogP contribution is 2.41. The van der Waals surface area contributed by atoms with Crippen molar-refractivity contribution in [3.8, 4) is 5.75 Å². The standard InChI is InChI=1S/C30H27FN4O3S/c31-23-3-1-2-22(14-23)28-25-15-24(7-6-20(25)10-13-35(28)30(37)21-4-5-21)38-17-27-34-26(18-39-27)29(36)33-16-19-8-11-32-12-9-19/h1-3,6-9,11-12,14-15,18,21,28H,4-5,10,13,16-17H2,(H,33,36). The van der Waals surface area contributed by atoms with Crippen LogP contribution in [0.5, 0.6) is 5.75 Å². The molecule has 0 spiro atoms. The highest BCUT2D eigenvalue weighted by Gasteiger charge is 2.39. The predicted molar refractivity (Wildman–Crippen MR) is 145 cm³/mol. The number of hydrogen-bond acceptors (Lipinski definition) is 6. The lowest BCUT2D eigenvalue weighted by Crippen LogP contribution is -2.41. The third kappa shape index (κ3) is 5.68. The molecule has 1 atom stereocenters. The summed E-state index contributed by atoms with van der Waals surface area (Å²) < 4.78 is 20.3. The van der Waals surface area contributed by atoms with Crippen LogP contribution in [-0.2, 0) is 24.4 Å². The first-order valence-electron chi connectivity index (χ1n) is 13.0. The van der Waals surface area contributed by atoms with Gasteiger partial charge in [-0.3, -0.25) is 14.6 Å². The van der Waals surface area contributed by atoms with E-state index in [4.69, 9.17) is 4.74 Å². The van der Waals surface area contributed by atoms with Crippen molar-refractivity contribution in [3.63, 3.8) is 0 Å². The Hall–Kier alpha value is -4.11. The fourth-order valence-corrected chi connectivity index (χ4v) is 5.61. The summed E-state index contributed by atoms with van der Waals surface area (Å²) in [5, 5.41) is 5.26. The van der Waals surface area contributed by atoms with Crippen LogP contribution in [0.15, 0.2) is 72.4 Å². The molecule has 0 radical (unpaired) electrons. The molecule has 1 aliphatic heterocycles. The zero-order valence-electron chi connectivity index (χ0n) is 21.2. The van der Waals surface area contributed by atoms with Crippen molar-refractivity contribution in [2.75, 3.05) is 6.54 Å². The molecule has 6 rings (SSSR count). The average Bonchev–Trinajstić information content (AvgIpc) is 3.71. The van der Waals surface area contributed by atoms with Crippen LogP contribution >= 0.6 is 11.3 Å². The van der Waals surface area contributed by atoms with Crippen molar-refractivity contribution in [2.45, 2.75) is 38.5 Å². The topological polar surface area (TPSA) is 84.4 Å². The molecular formula is C30H27FN4O3S. The third-order valence-corrected chi connectivity index (χ3v) is 7.89. The lowest BCUT2D eigenvalue weighted by molar-refractivity contribution is -0.134. The lowest BCUT2D eigenvalue weighted by atomic mass is 9.87. The van der Waals surface area contributed by atoms with Crippen LogP contribution in [0, 0.1) is 11.7 Å². The van der Waals surface area contributed by atoms with Gasteiger partial charge >= 0.3 is 0 Å². The number of thiazole rings is 1. The van der Waals surface area contributed by atoms with Crippen LogP contribution in [0.1, 0.15) is 56.6 Å². The summed E-state index contributed by atoms with van der Waals surface area (Å²) in [4.78, 5) is 36.0. The molecule has 2 aliphatic rings. The Morgan fingerprint density at radius 2 is 1.95 bits per heavy atom. The summed E-state index contributed by atoms with van der Waals surface area (Å²) in [5.74, 6) is 0.272. The van der Waals surface area contributed by atoms with Gasteiger partial charge in [0.15, 0.2) is 0 Å². The number of ether oxygens (including phenoxy) is 1. The van der Waals surface area contributed by atoms with E-state index < -0.39 is 0 Å². The molecule has 1 unspecified atom stereocenters. The lowest BCUT2D eigenvalue weighted by Gasteiger charge is -2.38. The van der Waals surface area contributed by atoms with Crippen molar-refractivity contribution in [3.05, 3.63) is 111 Å². The van der Waals surface area contributed by atoms with Crippen LogP contribution in [0.2, 0.25) is 0 Å². The minimum atomic E-state index is -0.364. The third-order valence-electron chi connectivity index (χ3n) is 7.07. The van der Waals surface area contributed by atoms with E-state index in [0.717, 1.165) is 41.5 Å². The van der Waals surface area contributed by atoms with Gasteiger partial charge in [-0.15, -0.1) is 11.3 Å². The molecule has 1 saturated carbocycles. The fourth-order valence-electron chi connectivity index (χ4n) is 4.92. The number of benzene rings is 2. The Kier molecular flexibility index (Phi) is 7.06. The normalized spacial score (nSPS) is 16.4. The largest absolute Gasteiger partial charge is 0.486 e. The van der Waals surface area contributed by atoms with Crippen LogP contribution in [0.4, 0.5) is 4.39 Å². The van der Waals surface area contributed by atoms with Gasteiger partial charge in [-0.05, 0) is 77.9 Å². The molecule has 0 bridgehead atoms. The Morgan fingerprint density at radius 1 is 1.10 bits per heavy atom. The van der Waals surface area contributed by atoms with E-state index in [1.165, 1.54) is 23.5 Å². The number of aromatic nitrogens is 2. The number of amides is 2. The Bertz CT molecular complexity index is 1510. The average molecular weight is 543 g/mol. The molecular weight excluding hydrogens is 515 g/mol. The van der Waals surface area contributed by atoms with E-state index in [1.54, 1.807) is 23.8 Å². The van der Waals surface area contributed by atoms with E-state index >= 15 is 0 Å². The van der Waals surface area contributed by atoms with Crippen molar-refractivity contribution in [1.29, 1.82) is 0 Å². The van der Waals surface area contributed by atoms with E-state index in [2.05, 4.69) is 15.3 Å². The molecule has 2 aromatic heterocycles. The number of nitrogens with zero attached hydrogens (tertiary/aromatic N) is 3. The van der Waals surface area contributed by atoms with Gasteiger partial charge in [-0.25, -0.2) is 9.37 Å². The second-order valence-corrected chi connectivity index (χ2v) is 10.8. The fraction of sp³-hybridized carbons (Fsp3) is 0.267.